The molecule has 0 bridgehead atoms. The van der Waals surface area contributed by atoms with Crippen LogP contribution in [0.1, 0.15) is 6.42 Å². The average Bonchev–Trinajstić information content (AvgIpc) is 2.04. The Labute approximate surface area is 72.8 Å². The highest BCUT2D eigenvalue weighted by Gasteiger charge is 2.14. The first-order valence-corrected chi connectivity index (χ1v) is 3.83. The molecule has 1 aliphatic rings. The fraction of sp³-hybridized carbons (Fsp3) is 0.375. The van der Waals surface area contributed by atoms with Gasteiger partial charge in [-0.05, 0) is 18.4 Å². The Morgan fingerprint density at radius 1 is 1.82 bits per heavy atom. The molecule has 0 aromatic heterocycles. The van der Waals surface area contributed by atoms with Crippen molar-refractivity contribution in [1.29, 1.82) is 5.26 Å². The third-order valence-electron chi connectivity index (χ3n) is 1.74. The third kappa shape index (κ3) is 1.88. The lowest BCUT2D eigenvalue weighted by atomic mass is 9.81. The molecule has 0 spiro atoms. The van der Waals surface area contributed by atoms with Gasteiger partial charge in [0.25, 0.3) is 0 Å². The van der Waals surface area contributed by atoms with Crippen molar-refractivity contribution in [2.75, 3.05) is 0 Å². The number of nitriles is 1. The summed E-state index contributed by atoms with van der Waals surface area (Å²) >= 11 is 5.71. The number of halogens is 1. The Hall–Kier alpha value is -0.675. The van der Waals surface area contributed by atoms with Crippen LogP contribution in [-0.2, 0) is 0 Å². The summed E-state index contributed by atoms with van der Waals surface area (Å²) in [5, 5.41) is 9.30. The van der Waals surface area contributed by atoms with Gasteiger partial charge in [0.2, 0.25) is 0 Å². The van der Waals surface area contributed by atoms with Gasteiger partial charge >= 0.3 is 0 Å². The minimum atomic E-state index is 0.169. The van der Waals surface area contributed by atoms with Crippen LogP contribution in [0, 0.1) is 17.2 Å². The summed E-state index contributed by atoms with van der Waals surface area (Å²) in [6.45, 7) is 0. The van der Waals surface area contributed by atoms with Crippen LogP contribution in [-0.4, -0.2) is 7.85 Å². The van der Waals surface area contributed by atoms with Crippen LogP contribution in [0.25, 0.3) is 0 Å². The summed E-state index contributed by atoms with van der Waals surface area (Å²) in [7, 11) is 5.45. The van der Waals surface area contributed by atoms with Gasteiger partial charge in [0.15, 0.2) is 0 Å². The molecule has 54 valence electrons. The van der Waals surface area contributed by atoms with Gasteiger partial charge in [-0.1, -0.05) is 24.0 Å². The molecule has 0 N–H and O–H groups in total. The molecule has 0 fully saturated rings. The lowest BCUT2D eigenvalue weighted by molar-refractivity contribution is 0.705. The minimum Gasteiger partial charge on any atom is -0.193 e. The number of nitrogens with zero attached hydrogens (tertiary/aromatic N) is 1. The molecule has 11 heavy (non-hydrogen) atoms. The van der Waals surface area contributed by atoms with E-state index in [1.54, 1.807) is 6.08 Å². The van der Waals surface area contributed by atoms with E-state index in [9.17, 15) is 0 Å². The predicted molar refractivity (Wildman–Crippen MR) is 46.3 cm³/mol. The molecule has 1 atom stereocenters. The maximum Gasteiger partial charge on any atom is 0.0950 e. The lowest BCUT2D eigenvalue weighted by Gasteiger charge is -2.15. The standard InChI is InChI=1S/C8H7BClN/c9-4-6-1-2-8(10)3-7(6)5-11/h2-3,6H,1,4H2. The fourth-order valence-corrected chi connectivity index (χ4v) is 1.26. The minimum absolute atomic E-state index is 0.169. The lowest BCUT2D eigenvalue weighted by Crippen LogP contribution is -2.04. The van der Waals surface area contributed by atoms with Crippen LogP contribution in [0.5, 0.6) is 0 Å². The summed E-state index contributed by atoms with van der Waals surface area (Å²) < 4.78 is 0. The molecule has 1 rings (SSSR count). The molecule has 1 aliphatic carbocycles. The van der Waals surface area contributed by atoms with Gasteiger partial charge in [-0.25, -0.2) is 0 Å². The van der Waals surface area contributed by atoms with Crippen molar-refractivity contribution in [1.82, 2.24) is 0 Å². The number of hydrogen-bond acceptors (Lipinski definition) is 1. The van der Waals surface area contributed by atoms with Crippen molar-refractivity contribution in [3.8, 4) is 6.07 Å². The highest BCUT2D eigenvalue weighted by Crippen LogP contribution is 2.26. The Bertz CT molecular complexity index is 249. The van der Waals surface area contributed by atoms with Gasteiger partial charge in [-0.3, -0.25) is 0 Å². The summed E-state index contributed by atoms with van der Waals surface area (Å²) in [5.41, 5.74) is 0.694. The number of rotatable bonds is 1. The third-order valence-corrected chi connectivity index (χ3v) is 2.01. The van der Waals surface area contributed by atoms with Crippen LogP contribution >= 0.6 is 11.6 Å². The molecule has 1 unspecified atom stereocenters. The van der Waals surface area contributed by atoms with Crippen molar-refractivity contribution >= 4 is 19.4 Å². The van der Waals surface area contributed by atoms with E-state index in [1.807, 2.05) is 6.08 Å². The number of allylic oxidation sites excluding steroid dienone is 4. The van der Waals surface area contributed by atoms with Crippen LogP contribution in [0.15, 0.2) is 22.8 Å². The maximum absolute atomic E-state index is 8.65. The molecule has 0 amide bonds. The van der Waals surface area contributed by atoms with Gasteiger partial charge in [0.1, 0.15) is 0 Å². The van der Waals surface area contributed by atoms with E-state index in [2.05, 4.69) is 6.07 Å². The smallest absolute Gasteiger partial charge is 0.0950 e. The van der Waals surface area contributed by atoms with E-state index in [0.29, 0.717) is 16.9 Å². The first-order chi connectivity index (χ1) is 5.27. The molecule has 0 aromatic rings. The molecule has 1 nitrogen and oxygen atoms in total. The topological polar surface area (TPSA) is 23.8 Å². The molecule has 0 heterocycles. The second-order valence-corrected chi connectivity index (χ2v) is 2.91. The molecule has 0 aromatic carbocycles. The normalized spacial score (nSPS) is 23.5. The van der Waals surface area contributed by atoms with Gasteiger partial charge < -0.3 is 0 Å². The van der Waals surface area contributed by atoms with Gasteiger partial charge in [0.05, 0.1) is 13.9 Å². The quantitative estimate of drug-likeness (QED) is 0.544. The first kappa shape index (κ1) is 8.42. The molecule has 2 radical (unpaired) electrons. The zero-order valence-corrected chi connectivity index (χ0v) is 6.80. The summed E-state index contributed by atoms with van der Waals surface area (Å²) in [6.07, 6.45) is 4.87. The second-order valence-electron chi connectivity index (χ2n) is 2.47. The van der Waals surface area contributed by atoms with Crippen LogP contribution < -0.4 is 0 Å². The van der Waals surface area contributed by atoms with Crippen molar-refractivity contribution in [3.63, 3.8) is 0 Å². The summed E-state index contributed by atoms with van der Waals surface area (Å²) in [6, 6.07) is 2.09. The van der Waals surface area contributed by atoms with E-state index in [-0.39, 0.29) is 5.92 Å². The Balaban J connectivity index is 2.82. The Morgan fingerprint density at radius 3 is 3.09 bits per heavy atom. The summed E-state index contributed by atoms with van der Waals surface area (Å²) in [4.78, 5) is 0. The highest BCUT2D eigenvalue weighted by molar-refractivity contribution is 6.31. The van der Waals surface area contributed by atoms with Crippen molar-refractivity contribution in [3.05, 3.63) is 22.8 Å². The largest absolute Gasteiger partial charge is 0.193 e. The zero-order valence-electron chi connectivity index (χ0n) is 6.05. The average molecular weight is 163 g/mol. The van der Waals surface area contributed by atoms with E-state index in [4.69, 9.17) is 24.7 Å². The van der Waals surface area contributed by atoms with Gasteiger partial charge in [0, 0.05) is 10.6 Å². The zero-order chi connectivity index (χ0) is 8.27. The van der Waals surface area contributed by atoms with E-state index in [0.717, 1.165) is 6.42 Å². The van der Waals surface area contributed by atoms with Crippen molar-refractivity contribution in [2.24, 2.45) is 5.92 Å². The molecule has 0 saturated heterocycles. The second kappa shape index (κ2) is 3.64. The maximum atomic E-state index is 8.65. The van der Waals surface area contributed by atoms with Crippen LogP contribution in [0.4, 0.5) is 0 Å². The molecule has 0 saturated carbocycles. The summed E-state index contributed by atoms with van der Waals surface area (Å²) in [5.74, 6) is 0.169. The van der Waals surface area contributed by atoms with Gasteiger partial charge in [-0.2, -0.15) is 5.26 Å². The predicted octanol–water partition coefficient (Wildman–Crippen LogP) is 2.17. The van der Waals surface area contributed by atoms with Crippen LogP contribution in [0.2, 0.25) is 6.32 Å². The monoisotopic (exact) mass is 163 g/mol. The molecular weight excluding hydrogens is 156 g/mol. The van der Waals surface area contributed by atoms with Crippen LogP contribution in [0.3, 0.4) is 0 Å². The Kier molecular flexibility index (Phi) is 2.79. The van der Waals surface area contributed by atoms with Crippen molar-refractivity contribution in [2.45, 2.75) is 12.7 Å². The molecular formula is C8H7BClN. The Morgan fingerprint density at radius 2 is 2.55 bits per heavy atom. The number of hydrogen-bond donors (Lipinski definition) is 0. The van der Waals surface area contributed by atoms with Gasteiger partial charge in [-0.15, -0.1) is 0 Å². The molecule has 0 aliphatic heterocycles. The SMILES string of the molecule is [B]CC1CC=C(Cl)C=C1C#N. The first-order valence-electron chi connectivity index (χ1n) is 3.45. The highest BCUT2D eigenvalue weighted by atomic mass is 35.5. The van der Waals surface area contributed by atoms with E-state index in [1.165, 1.54) is 0 Å². The van der Waals surface area contributed by atoms with E-state index < -0.39 is 0 Å². The van der Waals surface area contributed by atoms with Crippen molar-refractivity contribution < 1.29 is 0 Å². The fourth-order valence-electron chi connectivity index (χ4n) is 1.05. The van der Waals surface area contributed by atoms with E-state index >= 15 is 0 Å². The molecule has 3 heteroatoms.